The van der Waals surface area contributed by atoms with Crippen LogP contribution in [0.2, 0.25) is 0 Å². The molecule has 1 aromatic rings. The van der Waals surface area contributed by atoms with Crippen LogP contribution >= 0.6 is 0 Å². The van der Waals surface area contributed by atoms with E-state index < -0.39 is 0 Å². The first-order chi connectivity index (χ1) is 8.88. The van der Waals surface area contributed by atoms with Crippen molar-refractivity contribution in [3.8, 4) is 0 Å². The number of hydrogen-bond acceptors (Lipinski definition) is 1. The second-order valence-corrected chi connectivity index (χ2v) is 6.09. The third-order valence-electron chi connectivity index (χ3n) is 4.70. The Balaban J connectivity index is 1.55. The number of aryl methyl sites for hydroxylation is 1. The fourth-order valence-electron chi connectivity index (χ4n) is 3.55. The van der Waals surface area contributed by atoms with Crippen LogP contribution in [-0.4, -0.2) is 12.6 Å². The van der Waals surface area contributed by atoms with Crippen molar-refractivity contribution in [1.82, 2.24) is 5.32 Å². The fraction of sp³-hybridized carbons (Fsp3) is 0.647. The van der Waals surface area contributed by atoms with Crippen LogP contribution in [0, 0.1) is 5.92 Å². The molecule has 0 heterocycles. The summed E-state index contributed by atoms with van der Waals surface area (Å²) in [4.78, 5) is 0. The first-order valence-corrected chi connectivity index (χ1v) is 7.69. The highest BCUT2D eigenvalue weighted by Gasteiger charge is 2.36. The van der Waals surface area contributed by atoms with Gasteiger partial charge >= 0.3 is 0 Å². The lowest BCUT2D eigenvalue weighted by Crippen LogP contribution is -2.27. The zero-order chi connectivity index (χ0) is 12.4. The van der Waals surface area contributed by atoms with Crippen molar-refractivity contribution >= 4 is 0 Å². The standard InChI is InChI=1S/C17H25N/c1-2-6-14-11-17(14)18-12-15-9-5-8-13-7-3-4-10-16(13)15/h3-4,7,10,14-15,17-18H,2,5-6,8-9,11-12H2,1H3. The molecule has 3 unspecified atom stereocenters. The second-order valence-electron chi connectivity index (χ2n) is 6.09. The fourth-order valence-corrected chi connectivity index (χ4v) is 3.55. The molecule has 0 radical (unpaired) electrons. The van der Waals surface area contributed by atoms with Gasteiger partial charge in [0.1, 0.15) is 0 Å². The van der Waals surface area contributed by atoms with Crippen molar-refractivity contribution in [2.45, 2.75) is 57.4 Å². The number of benzene rings is 1. The molecule has 1 N–H and O–H groups in total. The molecule has 0 saturated heterocycles. The van der Waals surface area contributed by atoms with Gasteiger partial charge in [-0.3, -0.25) is 0 Å². The summed E-state index contributed by atoms with van der Waals surface area (Å²) in [6.07, 6.45) is 8.20. The third-order valence-corrected chi connectivity index (χ3v) is 4.70. The van der Waals surface area contributed by atoms with E-state index >= 15 is 0 Å². The molecule has 0 bridgehead atoms. The summed E-state index contributed by atoms with van der Waals surface area (Å²) < 4.78 is 0. The molecule has 2 aliphatic carbocycles. The van der Waals surface area contributed by atoms with Crippen LogP contribution in [0.5, 0.6) is 0 Å². The smallest absolute Gasteiger partial charge is 0.00993 e. The molecule has 2 aliphatic rings. The molecule has 1 heteroatoms. The molecular formula is C17H25N. The molecule has 98 valence electrons. The predicted octanol–water partition coefficient (Wildman–Crippen LogP) is 3.88. The maximum atomic E-state index is 3.80. The van der Waals surface area contributed by atoms with Crippen molar-refractivity contribution in [2.75, 3.05) is 6.54 Å². The van der Waals surface area contributed by atoms with Crippen molar-refractivity contribution < 1.29 is 0 Å². The van der Waals surface area contributed by atoms with Crippen LogP contribution in [0.3, 0.4) is 0 Å². The normalized spacial score (nSPS) is 29.9. The first kappa shape index (κ1) is 12.2. The number of hydrogen-bond donors (Lipinski definition) is 1. The number of rotatable bonds is 5. The second kappa shape index (κ2) is 5.44. The van der Waals surface area contributed by atoms with Crippen molar-refractivity contribution in [2.24, 2.45) is 5.92 Å². The minimum atomic E-state index is 0.762. The van der Waals surface area contributed by atoms with E-state index in [2.05, 4.69) is 36.5 Å². The minimum Gasteiger partial charge on any atom is -0.313 e. The molecule has 0 aromatic heterocycles. The summed E-state index contributed by atoms with van der Waals surface area (Å²) in [6.45, 7) is 3.49. The Kier molecular flexibility index (Phi) is 3.69. The van der Waals surface area contributed by atoms with E-state index in [9.17, 15) is 0 Å². The van der Waals surface area contributed by atoms with Gasteiger partial charge in [0.2, 0.25) is 0 Å². The van der Waals surface area contributed by atoms with E-state index in [0.29, 0.717) is 0 Å². The summed E-state index contributed by atoms with van der Waals surface area (Å²) >= 11 is 0. The molecule has 0 spiro atoms. The van der Waals surface area contributed by atoms with Gasteiger partial charge in [0.15, 0.2) is 0 Å². The topological polar surface area (TPSA) is 12.0 Å². The maximum absolute atomic E-state index is 3.80. The van der Waals surface area contributed by atoms with Crippen molar-refractivity contribution in [3.05, 3.63) is 35.4 Å². The molecule has 0 amide bonds. The van der Waals surface area contributed by atoms with E-state index in [0.717, 1.165) is 17.9 Å². The Morgan fingerprint density at radius 3 is 3.06 bits per heavy atom. The quantitative estimate of drug-likeness (QED) is 0.827. The Bertz CT molecular complexity index is 398. The molecule has 1 fully saturated rings. The highest BCUT2D eigenvalue weighted by molar-refractivity contribution is 5.32. The Morgan fingerprint density at radius 1 is 1.28 bits per heavy atom. The largest absolute Gasteiger partial charge is 0.313 e. The third kappa shape index (κ3) is 2.61. The lowest BCUT2D eigenvalue weighted by molar-refractivity contribution is 0.492. The van der Waals surface area contributed by atoms with Gasteiger partial charge < -0.3 is 5.32 Å². The van der Waals surface area contributed by atoms with Gasteiger partial charge in [-0.15, -0.1) is 0 Å². The molecule has 1 nitrogen and oxygen atoms in total. The van der Waals surface area contributed by atoms with Gasteiger partial charge in [0, 0.05) is 12.6 Å². The zero-order valence-corrected chi connectivity index (χ0v) is 11.5. The van der Waals surface area contributed by atoms with E-state index in [-0.39, 0.29) is 0 Å². The lowest BCUT2D eigenvalue weighted by atomic mass is 9.83. The van der Waals surface area contributed by atoms with Crippen LogP contribution in [-0.2, 0) is 6.42 Å². The highest BCUT2D eigenvalue weighted by Crippen LogP contribution is 2.36. The van der Waals surface area contributed by atoms with Crippen LogP contribution < -0.4 is 5.32 Å². The van der Waals surface area contributed by atoms with Crippen molar-refractivity contribution in [3.63, 3.8) is 0 Å². The molecule has 1 saturated carbocycles. The summed E-state index contributed by atoms with van der Waals surface area (Å²) in [5.74, 6) is 1.74. The van der Waals surface area contributed by atoms with E-state index in [4.69, 9.17) is 0 Å². The van der Waals surface area contributed by atoms with Crippen LogP contribution in [0.1, 0.15) is 56.1 Å². The SMILES string of the molecule is CCCC1CC1NCC1CCCc2ccccc21. The predicted molar refractivity (Wildman–Crippen MR) is 76.9 cm³/mol. The average Bonchev–Trinajstić information content (AvgIpc) is 3.15. The molecule has 3 rings (SSSR count). The van der Waals surface area contributed by atoms with Crippen molar-refractivity contribution in [1.29, 1.82) is 0 Å². The maximum Gasteiger partial charge on any atom is 0.00993 e. The van der Waals surface area contributed by atoms with Gasteiger partial charge in [0.25, 0.3) is 0 Å². The van der Waals surface area contributed by atoms with Gasteiger partial charge in [-0.05, 0) is 55.1 Å². The van der Waals surface area contributed by atoms with Crippen LogP contribution in [0.4, 0.5) is 0 Å². The summed E-state index contributed by atoms with van der Waals surface area (Å²) in [7, 11) is 0. The summed E-state index contributed by atoms with van der Waals surface area (Å²) in [6, 6.07) is 9.88. The lowest BCUT2D eigenvalue weighted by Gasteiger charge is -2.25. The average molecular weight is 243 g/mol. The summed E-state index contributed by atoms with van der Waals surface area (Å²) in [5, 5.41) is 3.80. The number of fused-ring (bicyclic) bond motifs is 1. The van der Waals surface area contributed by atoms with Crippen LogP contribution in [0.25, 0.3) is 0 Å². The zero-order valence-electron chi connectivity index (χ0n) is 11.5. The molecule has 0 aliphatic heterocycles. The van der Waals surface area contributed by atoms with Gasteiger partial charge in [0.05, 0.1) is 0 Å². The molecule has 3 atom stereocenters. The first-order valence-electron chi connectivity index (χ1n) is 7.69. The Morgan fingerprint density at radius 2 is 2.17 bits per heavy atom. The van der Waals surface area contributed by atoms with Crippen LogP contribution in [0.15, 0.2) is 24.3 Å². The highest BCUT2D eigenvalue weighted by atomic mass is 15.0. The Labute approximate surface area is 111 Å². The monoisotopic (exact) mass is 243 g/mol. The molecular weight excluding hydrogens is 218 g/mol. The molecule has 1 aromatic carbocycles. The number of nitrogens with one attached hydrogen (secondary N) is 1. The Hall–Kier alpha value is -0.820. The summed E-state index contributed by atoms with van der Waals surface area (Å²) in [5.41, 5.74) is 3.21. The van der Waals surface area contributed by atoms with Gasteiger partial charge in [-0.1, -0.05) is 37.6 Å². The van der Waals surface area contributed by atoms with Gasteiger partial charge in [-0.25, -0.2) is 0 Å². The van der Waals surface area contributed by atoms with E-state index in [1.807, 2.05) is 0 Å². The van der Waals surface area contributed by atoms with Gasteiger partial charge in [-0.2, -0.15) is 0 Å². The van der Waals surface area contributed by atoms with E-state index in [1.54, 1.807) is 11.1 Å². The molecule has 18 heavy (non-hydrogen) atoms. The minimum absolute atomic E-state index is 0.762. The van der Waals surface area contributed by atoms with E-state index in [1.165, 1.54) is 45.1 Å².